The Bertz CT molecular complexity index is 1260. The van der Waals surface area contributed by atoms with Gasteiger partial charge in [0.2, 0.25) is 0 Å². The van der Waals surface area contributed by atoms with Gasteiger partial charge in [0.15, 0.2) is 0 Å². The summed E-state index contributed by atoms with van der Waals surface area (Å²) in [5.74, 6) is 0.108. The number of allylic oxidation sites excluding steroid dienone is 4. The van der Waals surface area contributed by atoms with Gasteiger partial charge in [0, 0.05) is 39.5 Å². The molecule has 0 saturated heterocycles. The van der Waals surface area contributed by atoms with E-state index in [1.165, 1.54) is 0 Å². The summed E-state index contributed by atoms with van der Waals surface area (Å²) < 4.78 is 0. The molecule has 1 heterocycles. The minimum absolute atomic E-state index is 0.108. The van der Waals surface area contributed by atoms with Crippen molar-refractivity contribution in [3.8, 4) is 5.75 Å². The van der Waals surface area contributed by atoms with Gasteiger partial charge in [-0.1, -0.05) is 55.1 Å². The molecule has 4 nitrogen and oxygen atoms in total. The molecule has 0 bridgehead atoms. The number of benzene rings is 3. The van der Waals surface area contributed by atoms with Crippen molar-refractivity contribution >= 4 is 38.3 Å². The molecule has 0 unspecified atom stereocenters. The molecule has 0 aliphatic carbocycles. The van der Waals surface area contributed by atoms with Gasteiger partial charge in [-0.15, -0.1) is 0 Å². The van der Waals surface area contributed by atoms with E-state index in [0.29, 0.717) is 12.2 Å². The lowest BCUT2D eigenvalue weighted by molar-refractivity contribution is 0.470. The minimum atomic E-state index is 0.108. The first-order chi connectivity index (χ1) is 13.6. The predicted octanol–water partition coefficient (Wildman–Crippen LogP) is 5.50. The van der Waals surface area contributed by atoms with E-state index in [4.69, 9.17) is 5.73 Å². The van der Waals surface area contributed by atoms with Gasteiger partial charge in [-0.2, -0.15) is 0 Å². The molecule has 0 saturated carbocycles. The van der Waals surface area contributed by atoms with E-state index in [2.05, 4.69) is 35.1 Å². The summed E-state index contributed by atoms with van der Waals surface area (Å²) in [6.07, 6.45) is 7.68. The summed E-state index contributed by atoms with van der Waals surface area (Å²) in [6, 6.07) is 14.3. The second kappa shape index (κ2) is 7.16. The van der Waals surface area contributed by atoms with Crippen LogP contribution in [0.1, 0.15) is 12.5 Å². The summed E-state index contributed by atoms with van der Waals surface area (Å²) in [4.78, 5) is 3.45. The van der Waals surface area contributed by atoms with Gasteiger partial charge in [0.25, 0.3) is 0 Å². The van der Waals surface area contributed by atoms with Crippen LogP contribution in [0.25, 0.3) is 32.6 Å². The Balaban J connectivity index is 1.77. The molecule has 0 amide bonds. The molecule has 3 aromatic carbocycles. The van der Waals surface area contributed by atoms with E-state index in [1.807, 2.05) is 55.5 Å². The summed E-state index contributed by atoms with van der Waals surface area (Å²) in [6.45, 7) is 6.37. The number of aromatic hydroxyl groups is 1. The third-order valence-corrected chi connectivity index (χ3v) is 4.98. The molecule has 0 fully saturated rings. The first-order valence-corrected chi connectivity index (χ1v) is 9.25. The Morgan fingerprint density at radius 2 is 2.00 bits per heavy atom. The second-order valence-electron chi connectivity index (χ2n) is 6.82. The fourth-order valence-corrected chi connectivity index (χ4v) is 3.58. The molecular weight excluding hydrogens is 346 g/mol. The number of para-hydroxylation sites is 1. The zero-order valence-corrected chi connectivity index (χ0v) is 15.8. The quantitative estimate of drug-likeness (QED) is 0.213. The van der Waals surface area contributed by atoms with Crippen molar-refractivity contribution in [3.63, 3.8) is 0 Å². The van der Waals surface area contributed by atoms with E-state index in [0.717, 1.165) is 43.8 Å². The van der Waals surface area contributed by atoms with Gasteiger partial charge in [0.05, 0.1) is 11.2 Å². The number of nitrogens with two attached hydrogens (primary N) is 1. The normalized spacial score (nSPS) is 12.0. The Morgan fingerprint density at radius 1 is 1.18 bits per heavy atom. The number of nitrogen functional groups attached to an aromatic ring is 1. The molecule has 5 N–H and O–H groups in total. The van der Waals surface area contributed by atoms with Gasteiger partial charge in [-0.25, -0.2) is 0 Å². The number of hydrogen-bond acceptors (Lipinski definition) is 3. The van der Waals surface area contributed by atoms with Gasteiger partial charge in [-0.3, -0.25) is 0 Å². The molecule has 140 valence electrons. The number of rotatable bonds is 5. The number of anilines is 1. The lowest BCUT2D eigenvalue weighted by Gasteiger charge is -2.13. The summed E-state index contributed by atoms with van der Waals surface area (Å²) in [5.41, 5.74) is 10.3. The maximum Gasteiger partial charge on any atom is 0.144 e. The molecule has 4 aromatic rings. The third kappa shape index (κ3) is 2.99. The maximum absolute atomic E-state index is 10.7. The van der Waals surface area contributed by atoms with Crippen LogP contribution >= 0.6 is 0 Å². The lowest BCUT2D eigenvalue weighted by atomic mass is 10.0. The van der Waals surface area contributed by atoms with E-state index in [-0.39, 0.29) is 5.75 Å². The molecule has 0 radical (unpaired) electrons. The predicted molar refractivity (Wildman–Crippen MR) is 119 cm³/mol. The largest absolute Gasteiger partial charge is 0.505 e. The number of fused-ring (bicyclic) bond motifs is 5. The Morgan fingerprint density at radius 3 is 2.82 bits per heavy atom. The molecule has 4 heteroatoms. The second-order valence-corrected chi connectivity index (χ2v) is 6.82. The van der Waals surface area contributed by atoms with Crippen LogP contribution in [0.2, 0.25) is 0 Å². The van der Waals surface area contributed by atoms with Crippen molar-refractivity contribution in [1.29, 1.82) is 0 Å². The van der Waals surface area contributed by atoms with E-state index >= 15 is 0 Å². The lowest BCUT2D eigenvalue weighted by Crippen LogP contribution is -2.11. The van der Waals surface area contributed by atoms with Crippen LogP contribution in [0.5, 0.6) is 5.75 Å². The third-order valence-electron chi connectivity index (χ3n) is 4.98. The highest BCUT2D eigenvalue weighted by Crippen LogP contribution is 2.39. The van der Waals surface area contributed by atoms with Crippen LogP contribution in [-0.2, 0) is 6.54 Å². The average Bonchev–Trinajstić information content (AvgIpc) is 3.08. The van der Waals surface area contributed by atoms with Crippen LogP contribution in [0.4, 0.5) is 5.69 Å². The van der Waals surface area contributed by atoms with Gasteiger partial charge in [-0.05, 0) is 30.5 Å². The highest BCUT2D eigenvalue weighted by atomic mass is 16.3. The summed E-state index contributed by atoms with van der Waals surface area (Å²) >= 11 is 0. The molecule has 0 atom stereocenters. The van der Waals surface area contributed by atoms with Crippen molar-refractivity contribution in [3.05, 3.63) is 84.6 Å². The zero-order chi connectivity index (χ0) is 19.7. The molecule has 28 heavy (non-hydrogen) atoms. The van der Waals surface area contributed by atoms with Gasteiger partial charge in [0.1, 0.15) is 5.75 Å². The van der Waals surface area contributed by atoms with E-state index < -0.39 is 0 Å². The topological polar surface area (TPSA) is 74.1 Å². The number of aromatic amines is 1. The molecular formula is C24H23N3O. The van der Waals surface area contributed by atoms with Crippen molar-refractivity contribution in [2.24, 2.45) is 0 Å². The first kappa shape index (κ1) is 17.7. The Labute approximate surface area is 163 Å². The molecule has 0 aliphatic rings. The smallest absolute Gasteiger partial charge is 0.144 e. The van der Waals surface area contributed by atoms with Crippen LogP contribution in [0, 0.1) is 0 Å². The molecule has 0 aliphatic heterocycles. The van der Waals surface area contributed by atoms with E-state index in [9.17, 15) is 5.11 Å². The van der Waals surface area contributed by atoms with Gasteiger partial charge >= 0.3 is 0 Å². The average molecular weight is 369 g/mol. The fraction of sp³-hybridized carbons (Fsp3) is 0.0833. The SMILES string of the molecule is C=C(/C=C\C=C/C)NCc1cc2ccc3c4ccccc4[nH]c3c2c(N)c1O. The van der Waals surface area contributed by atoms with Crippen LogP contribution in [0.15, 0.2) is 79.0 Å². The highest BCUT2D eigenvalue weighted by Gasteiger charge is 2.15. The van der Waals surface area contributed by atoms with Crippen LogP contribution < -0.4 is 11.1 Å². The summed E-state index contributed by atoms with van der Waals surface area (Å²) in [7, 11) is 0. The summed E-state index contributed by atoms with van der Waals surface area (Å²) in [5, 5.41) is 18.0. The number of nitrogens with one attached hydrogen (secondary N) is 2. The minimum Gasteiger partial charge on any atom is -0.505 e. The fourth-order valence-electron chi connectivity index (χ4n) is 3.58. The van der Waals surface area contributed by atoms with Crippen LogP contribution in [0.3, 0.4) is 0 Å². The maximum atomic E-state index is 10.7. The zero-order valence-electron chi connectivity index (χ0n) is 15.8. The highest BCUT2D eigenvalue weighted by molar-refractivity contribution is 6.20. The number of H-pyrrole nitrogens is 1. The first-order valence-electron chi connectivity index (χ1n) is 9.25. The van der Waals surface area contributed by atoms with E-state index in [1.54, 1.807) is 0 Å². The number of hydrogen-bond donors (Lipinski definition) is 4. The van der Waals surface area contributed by atoms with Crippen molar-refractivity contribution < 1.29 is 5.11 Å². The standard InChI is InChI=1S/C24H23N3O/c1-3-4-5-8-15(2)26-14-17-13-16-11-12-19-18-9-6-7-10-20(18)27-23(19)21(16)22(25)24(17)28/h3-13,26-28H,2,14,25H2,1H3/b4-3-,8-5-. The number of aromatic nitrogens is 1. The molecule has 0 spiro atoms. The van der Waals surface area contributed by atoms with Crippen molar-refractivity contribution in [2.75, 3.05) is 5.73 Å². The van der Waals surface area contributed by atoms with Crippen molar-refractivity contribution in [1.82, 2.24) is 10.3 Å². The van der Waals surface area contributed by atoms with Gasteiger partial charge < -0.3 is 21.1 Å². The van der Waals surface area contributed by atoms with Crippen LogP contribution in [-0.4, -0.2) is 10.1 Å². The molecule has 1 aromatic heterocycles. The Kier molecular flexibility index (Phi) is 4.53. The molecule has 4 rings (SSSR count). The van der Waals surface area contributed by atoms with Crippen molar-refractivity contribution in [2.45, 2.75) is 13.5 Å². The Hall–Kier alpha value is -3.66. The number of phenolic OH excluding ortho intramolecular Hbond substituents is 1. The number of phenols is 1. The monoisotopic (exact) mass is 369 g/mol.